The van der Waals surface area contributed by atoms with Crippen LogP contribution in [0, 0.1) is 0 Å². The normalized spacial score (nSPS) is 10.2. The van der Waals surface area contributed by atoms with Crippen LogP contribution < -0.4 is 4.74 Å². The molecule has 22 heavy (non-hydrogen) atoms. The Morgan fingerprint density at radius 3 is 2.27 bits per heavy atom. The minimum atomic E-state index is -0.257. The molecule has 0 aromatic heterocycles. The third-order valence-electron chi connectivity index (χ3n) is 3.25. The zero-order valence-electron chi connectivity index (χ0n) is 13.6. The summed E-state index contributed by atoms with van der Waals surface area (Å²) in [5, 5.41) is 3.10. The number of amides is 1. The maximum absolute atomic E-state index is 12.2. The van der Waals surface area contributed by atoms with E-state index < -0.39 is 0 Å². The molecule has 0 saturated heterocycles. The highest BCUT2D eigenvalue weighted by Crippen LogP contribution is 2.17. The number of rotatable bonds is 8. The van der Waals surface area contributed by atoms with Crippen LogP contribution in [0.5, 0.6) is 5.75 Å². The number of methoxy groups -OCH3 is 1. The molecule has 0 aliphatic carbocycles. The van der Waals surface area contributed by atoms with E-state index in [2.05, 4.69) is 13.2 Å². The van der Waals surface area contributed by atoms with Gasteiger partial charge in [-0.05, 0) is 23.9 Å². The summed E-state index contributed by atoms with van der Waals surface area (Å²) in [7, 11) is 6.47. The van der Waals surface area contributed by atoms with Crippen molar-refractivity contribution in [2.75, 3.05) is 28.3 Å². The Labute approximate surface area is 131 Å². The molecule has 120 valence electrons. The number of ether oxygens (including phenoxy) is 1. The Bertz CT molecular complexity index is 528. The first kappa shape index (κ1) is 17.7. The number of hydrazine groups is 1. The van der Waals surface area contributed by atoms with E-state index in [0.29, 0.717) is 6.54 Å². The standard InChI is InChI=1S/C16H23N3O3/c1-7-17(3)16(20)13(2)19(18(4)22-6)12-14-8-10-15(21-5)11-9-14/h7-11H,1-2,12H2,3-6H3. The zero-order chi connectivity index (χ0) is 16.7. The number of hydrogen-bond donors (Lipinski definition) is 0. The summed E-state index contributed by atoms with van der Waals surface area (Å²) in [5.74, 6) is 0.518. The predicted octanol–water partition coefficient (Wildman–Crippen LogP) is 2.02. The zero-order valence-corrected chi connectivity index (χ0v) is 13.6. The summed E-state index contributed by atoms with van der Waals surface area (Å²) in [4.78, 5) is 18.8. The third-order valence-corrected chi connectivity index (χ3v) is 3.25. The number of benzene rings is 1. The quantitative estimate of drug-likeness (QED) is 0.543. The Morgan fingerprint density at radius 2 is 1.82 bits per heavy atom. The van der Waals surface area contributed by atoms with Crippen LogP contribution in [-0.2, 0) is 16.2 Å². The Kier molecular flexibility index (Phi) is 6.62. The molecule has 0 aliphatic heterocycles. The van der Waals surface area contributed by atoms with Crippen LogP contribution in [0.2, 0.25) is 0 Å². The number of hydroxylamine groups is 1. The van der Waals surface area contributed by atoms with Gasteiger partial charge < -0.3 is 9.64 Å². The van der Waals surface area contributed by atoms with Crippen LogP contribution in [0.1, 0.15) is 5.56 Å². The van der Waals surface area contributed by atoms with Crippen LogP contribution >= 0.6 is 0 Å². The molecule has 1 rings (SSSR count). The van der Waals surface area contributed by atoms with Crippen molar-refractivity contribution in [3.8, 4) is 5.75 Å². The molecule has 0 aliphatic rings. The second kappa shape index (κ2) is 8.21. The lowest BCUT2D eigenvalue weighted by atomic mass is 10.2. The fourth-order valence-corrected chi connectivity index (χ4v) is 1.76. The Balaban J connectivity index is 2.94. The van der Waals surface area contributed by atoms with Gasteiger partial charge in [0, 0.05) is 14.1 Å². The van der Waals surface area contributed by atoms with Gasteiger partial charge in [-0.3, -0.25) is 14.6 Å². The molecule has 1 aromatic carbocycles. The molecule has 0 atom stereocenters. The fraction of sp³-hybridized carbons (Fsp3) is 0.312. The molecule has 0 radical (unpaired) electrons. The molecule has 6 heteroatoms. The number of likely N-dealkylation sites (N-methyl/N-ethyl adjacent to an activating group) is 1. The van der Waals surface area contributed by atoms with E-state index in [0.717, 1.165) is 11.3 Å². The van der Waals surface area contributed by atoms with Crippen molar-refractivity contribution >= 4 is 5.91 Å². The number of nitrogens with zero attached hydrogens (tertiary/aromatic N) is 3. The molecule has 0 saturated carbocycles. The maximum atomic E-state index is 12.2. The fourth-order valence-electron chi connectivity index (χ4n) is 1.76. The Hall–Kier alpha value is -2.31. The van der Waals surface area contributed by atoms with Gasteiger partial charge in [-0.2, -0.15) is 0 Å². The molecule has 0 fully saturated rings. The van der Waals surface area contributed by atoms with Crippen molar-refractivity contribution in [2.24, 2.45) is 0 Å². The lowest BCUT2D eigenvalue weighted by Crippen LogP contribution is -2.42. The minimum Gasteiger partial charge on any atom is -0.497 e. The van der Waals surface area contributed by atoms with Gasteiger partial charge in [-0.1, -0.05) is 25.3 Å². The Morgan fingerprint density at radius 1 is 1.23 bits per heavy atom. The van der Waals surface area contributed by atoms with Crippen molar-refractivity contribution in [2.45, 2.75) is 6.54 Å². The van der Waals surface area contributed by atoms with Gasteiger partial charge in [0.2, 0.25) is 0 Å². The van der Waals surface area contributed by atoms with Gasteiger partial charge in [0.25, 0.3) is 5.91 Å². The second-order valence-electron chi connectivity index (χ2n) is 4.60. The molecule has 1 aromatic rings. The van der Waals surface area contributed by atoms with E-state index in [4.69, 9.17) is 9.57 Å². The number of hydrogen-bond acceptors (Lipinski definition) is 5. The summed E-state index contributed by atoms with van der Waals surface area (Å²) >= 11 is 0. The number of carbonyl (C=O) groups excluding carboxylic acids is 1. The van der Waals surface area contributed by atoms with Crippen molar-refractivity contribution in [1.29, 1.82) is 0 Å². The summed E-state index contributed by atoms with van der Waals surface area (Å²) in [5.41, 5.74) is 1.27. The van der Waals surface area contributed by atoms with Crippen LogP contribution in [-0.4, -0.2) is 49.3 Å². The first-order chi connectivity index (χ1) is 10.4. The summed E-state index contributed by atoms with van der Waals surface area (Å²) in [6, 6.07) is 7.57. The minimum absolute atomic E-state index is 0.257. The summed E-state index contributed by atoms with van der Waals surface area (Å²) in [6.07, 6.45) is 1.44. The molecule has 6 nitrogen and oxygen atoms in total. The van der Waals surface area contributed by atoms with Gasteiger partial charge in [0.1, 0.15) is 11.4 Å². The molecule has 1 amide bonds. The van der Waals surface area contributed by atoms with Gasteiger partial charge in [-0.15, -0.1) is 5.17 Å². The summed E-state index contributed by atoms with van der Waals surface area (Å²) < 4.78 is 5.14. The number of carbonyl (C=O) groups is 1. The lowest BCUT2D eigenvalue weighted by Gasteiger charge is -2.33. The van der Waals surface area contributed by atoms with Crippen molar-refractivity contribution in [3.05, 3.63) is 54.9 Å². The molecular weight excluding hydrogens is 282 g/mol. The van der Waals surface area contributed by atoms with Crippen LogP contribution in [0.3, 0.4) is 0 Å². The summed E-state index contributed by atoms with van der Waals surface area (Å²) in [6.45, 7) is 7.88. The van der Waals surface area contributed by atoms with E-state index in [1.165, 1.54) is 23.4 Å². The van der Waals surface area contributed by atoms with E-state index >= 15 is 0 Å². The molecule has 0 spiro atoms. The van der Waals surface area contributed by atoms with Gasteiger partial charge in [0.15, 0.2) is 0 Å². The molecule has 0 bridgehead atoms. The molecular formula is C16H23N3O3. The average molecular weight is 305 g/mol. The van der Waals surface area contributed by atoms with E-state index in [-0.39, 0.29) is 11.6 Å². The maximum Gasteiger partial charge on any atom is 0.274 e. The van der Waals surface area contributed by atoms with Crippen molar-refractivity contribution < 1.29 is 14.4 Å². The molecule has 0 unspecified atom stereocenters. The second-order valence-corrected chi connectivity index (χ2v) is 4.60. The molecule has 0 heterocycles. The van der Waals surface area contributed by atoms with Crippen molar-refractivity contribution in [3.63, 3.8) is 0 Å². The lowest BCUT2D eigenvalue weighted by molar-refractivity contribution is -0.240. The smallest absolute Gasteiger partial charge is 0.274 e. The average Bonchev–Trinajstić information content (AvgIpc) is 2.57. The van der Waals surface area contributed by atoms with E-state index in [1.54, 1.807) is 26.2 Å². The molecule has 0 N–H and O–H groups in total. The van der Waals surface area contributed by atoms with E-state index in [9.17, 15) is 4.79 Å². The highest BCUT2D eigenvalue weighted by Gasteiger charge is 2.21. The van der Waals surface area contributed by atoms with Crippen LogP contribution in [0.4, 0.5) is 0 Å². The monoisotopic (exact) mass is 305 g/mol. The predicted molar refractivity (Wildman–Crippen MR) is 85.4 cm³/mol. The van der Waals surface area contributed by atoms with Gasteiger partial charge >= 0.3 is 0 Å². The van der Waals surface area contributed by atoms with E-state index in [1.807, 2.05) is 24.3 Å². The third kappa shape index (κ3) is 4.34. The highest BCUT2D eigenvalue weighted by molar-refractivity contribution is 5.92. The van der Waals surface area contributed by atoms with Gasteiger partial charge in [0.05, 0.1) is 20.8 Å². The first-order valence-corrected chi connectivity index (χ1v) is 6.71. The van der Waals surface area contributed by atoms with Crippen LogP contribution in [0.25, 0.3) is 0 Å². The largest absolute Gasteiger partial charge is 0.497 e. The SMILES string of the molecule is C=CN(C)C(=O)C(=C)N(Cc1ccc(OC)cc1)N(C)OC. The van der Waals surface area contributed by atoms with Crippen LogP contribution in [0.15, 0.2) is 49.3 Å². The first-order valence-electron chi connectivity index (χ1n) is 6.71. The topological polar surface area (TPSA) is 45.2 Å². The van der Waals surface area contributed by atoms with Crippen molar-refractivity contribution in [1.82, 2.24) is 15.1 Å². The van der Waals surface area contributed by atoms with Gasteiger partial charge in [-0.25, -0.2) is 0 Å². The highest BCUT2D eigenvalue weighted by atomic mass is 16.7.